The van der Waals surface area contributed by atoms with Crippen LogP contribution in [0.25, 0.3) is 0 Å². The van der Waals surface area contributed by atoms with E-state index in [9.17, 15) is 13.2 Å². The predicted molar refractivity (Wildman–Crippen MR) is 104 cm³/mol. The lowest BCUT2D eigenvalue weighted by Crippen LogP contribution is -2.48. The summed E-state index contributed by atoms with van der Waals surface area (Å²) in [7, 11) is -3.26. The molecule has 0 aromatic heterocycles. The molecule has 2 amide bonds. The largest absolute Gasteiger partial charge is 0.324 e. The third-order valence-electron chi connectivity index (χ3n) is 5.37. The standard InChI is InChI=1S/C19H29N3O3S/c1-14(2)26(24,25)21-16-10-12-22(13-11-16)19(23)20-18-9-5-7-15-6-3-4-8-17(15)18/h5,7,9,14,16,21H,3-4,6,8,10-13H2,1-2H3,(H,20,23). The van der Waals surface area contributed by atoms with Crippen molar-refractivity contribution >= 4 is 21.7 Å². The lowest BCUT2D eigenvalue weighted by molar-refractivity contribution is 0.193. The first-order valence-corrected chi connectivity index (χ1v) is 11.1. The molecule has 26 heavy (non-hydrogen) atoms. The van der Waals surface area contributed by atoms with E-state index in [0.717, 1.165) is 18.5 Å². The van der Waals surface area contributed by atoms with Gasteiger partial charge < -0.3 is 10.2 Å². The van der Waals surface area contributed by atoms with Crippen LogP contribution in [-0.4, -0.2) is 43.7 Å². The summed E-state index contributed by atoms with van der Waals surface area (Å²) in [6.07, 6.45) is 5.77. The minimum Gasteiger partial charge on any atom is -0.324 e. The number of carbonyl (C=O) groups is 1. The lowest BCUT2D eigenvalue weighted by atomic mass is 9.90. The fraction of sp³-hybridized carbons (Fsp3) is 0.632. The molecule has 1 saturated heterocycles. The number of hydrogen-bond donors (Lipinski definition) is 2. The fourth-order valence-electron chi connectivity index (χ4n) is 3.66. The first-order valence-electron chi connectivity index (χ1n) is 9.54. The average molecular weight is 380 g/mol. The van der Waals surface area contributed by atoms with E-state index < -0.39 is 15.3 Å². The Hall–Kier alpha value is -1.60. The van der Waals surface area contributed by atoms with Crippen molar-refractivity contribution in [2.45, 2.75) is 63.7 Å². The molecule has 1 aromatic carbocycles. The molecule has 0 atom stereocenters. The van der Waals surface area contributed by atoms with E-state index in [-0.39, 0.29) is 12.1 Å². The highest BCUT2D eigenvalue weighted by Crippen LogP contribution is 2.28. The van der Waals surface area contributed by atoms with E-state index in [2.05, 4.69) is 16.1 Å². The van der Waals surface area contributed by atoms with Gasteiger partial charge in [-0.15, -0.1) is 0 Å². The summed E-state index contributed by atoms with van der Waals surface area (Å²) < 4.78 is 26.7. The van der Waals surface area contributed by atoms with Gasteiger partial charge in [-0.3, -0.25) is 0 Å². The van der Waals surface area contributed by atoms with Gasteiger partial charge in [-0.1, -0.05) is 12.1 Å². The molecule has 6 nitrogen and oxygen atoms in total. The highest BCUT2D eigenvalue weighted by molar-refractivity contribution is 7.90. The van der Waals surface area contributed by atoms with Gasteiger partial charge in [0.15, 0.2) is 0 Å². The number of likely N-dealkylation sites (tertiary alicyclic amines) is 1. The molecule has 2 N–H and O–H groups in total. The second-order valence-corrected chi connectivity index (χ2v) is 9.82. The molecule has 1 aromatic rings. The Balaban J connectivity index is 1.56. The summed E-state index contributed by atoms with van der Waals surface area (Å²) in [6.45, 7) is 4.47. The molecule has 2 aliphatic rings. The number of aryl methyl sites for hydroxylation is 1. The van der Waals surface area contributed by atoms with Gasteiger partial charge >= 0.3 is 6.03 Å². The molecular weight excluding hydrogens is 350 g/mol. The number of sulfonamides is 1. The highest BCUT2D eigenvalue weighted by Gasteiger charge is 2.27. The number of rotatable bonds is 4. The Morgan fingerprint density at radius 3 is 2.54 bits per heavy atom. The van der Waals surface area contributed by atoms with Crippen molar-refractivity contribution in [2.75, 3.05) is 18.4 Å². The van der Waals surface area contributed by atoms with E-state index in [1.807, 2.05) is 12.1 Å². The number of benzene rings is 1. The molecule has 0 bridgehead atoms. The van der Waals surface area contributed by atoms with Gasteiger partial charge in [0.2, 0.25) is 10.0 Å². The maximum absolute atomic E-state index is 12.6. The summed E-state index contributed by atoms with van der Waals surface area (Å²) in [5.41, 5.74) is 3.54. The van der Waals surface area contributed by atoms with Crippen molar-refractivity contribution in [2.24, 2.45) is 0 Å². The van der Waals surface area contributed by atoms with Crippen molar-refractivity contribution in [3.05, 3.63) is 29.3 Å². The van der Waals surface area contributed by atoms with Gasteiger partial charge in [0.25, 0.3) is 0 Å². The SMILES string of the molecule is CC(C)S(=O)(=O)NC1CCN(C(=O)Nc2cccc3c2CCCC3)CC1. The van der Waals surface area contributed by atoms with E-state index in [1.54, 1.807) is 18.7 Å². The lowest BCUT2D eigenvalue weighted by Gasteiger charge is -2.33. The minimum absolute atomic E-state index is 0.0871. The summed E-state index contributed by atoms with van der Waals surface area (Å²) in [4.78, 5) is 14.4. The summed E-state index contributed by atoms with van der Waals surface area (Å²) in [5.74, 6) is 0. The molecule has 0 saturated carbocycles. The Labute approximate surface area is 156 Å². The molecule has 0 spiro atoms. The van der Waals surface area contributed by atoms with Crippen LogP contribution < -0.4 is 10.0 Å². The highest BCUT2D eigenvalue weighted by atomic mass is 32.2. The molecular formula is C19H29N3O3S. The summed E-state index contributed by atoms with van der Waals surface area (Å²) in [5, 5.41) is 2.63. The van der Waals surface area contributed by atoms with Gasteiger partial charge in [0.1, 0.15) is 0 Å². The van der Waals surface area contributed by atoms with Gasteiger partial charge in [-0.25, -0.2) is 17.9 Å². The number of hydrogen-bond acceptors (Lipinski definition) is 3. The first kappa shape index (κ1) is 19.2. The smallest absolute Gasteiger partial charge is 0.321 e. The van der Waals surface area contributed by atoms with E-state index in [0.29, 0.717) is 25.9 Å². The number of nitrogens with one attached hydrogen (secondary N) is 2. The Morgan fingerprint density at radius 2 is 1.85 bits per heavy atom. The van der Waals surface area contributed by atoms with Crippen molar-refractivity contribution in [3.8, 4) is 0 Å². The van der Waals surface area contributed by atoms with Crippen LogP contribution in [0, 0.1) is 0 Å². The number of nitrogens with zero attached hydrogens (tertiary/aromatic N) is 1. The third kappa shape index (κ3) is 4.38. The monoisotopic (exact) mass is 379 g/mol. The van der Waals surface area contributed by atoms with Gasteiger partial charge in [-0.05, 0) is 69.6 Å². The number of carbonyl (C=O) groups excluding carboxylic acids is 1. The van der Waals surface area contributed by atoms with Crippen LogP contribution in [0.5, 0.6) is 0 Å². The van der Waals surface area contributed by atoms with Crippen LogP contribution in [0.4, 0.5) is 10.5 Å². The van der Waals surface area contributed by atoms with Crippen molar-refractivity contribution in [1.82, 2.24) is 9.62 Å². The molecule has 7 heteroatoms. The van der Waals surface area contributed by atoms with Gasteiger partial charge in [0, 0.05) is 24.8 Å². The van der Waals surface area contributed by atoms with E-state index in [4.69, 9.17) is 0 Å². The predicted octanol–water partition coefficient (Wildman–Crippen LogP) is 2.89. The zero-order valence-electron chi connectivity index (χ0n) is 15.6. The number of urea groups is 1. The molecule has 3 rings (SSSR count). The number of fused-ring (bicyclic) bond motifs is 1. The van der Waals surface area contributed by atoms with E-state index in [1.165, 1.54) is 24.0 Å². The zero-order valence-corrected chi connectivity index (χ0v) is 16.4. The second kappa shape index (κ2) is 7.96. The fourth-order valence-corrected chi connectivity index (χ4v) is 4.63. The number of amides is 2. The van der Waals surface area contributed by atoms with Crippen LogP contribution in [0.15, 0.2) is 18.2 Å². The summed E-state index contributed by atoms with van der Waals surface area (Å²) >= 11 is 0. The maximum atomic E-state index is 12.6. The summed E-state index contributed by atoms with van der Waals surface area (Å²) in [6, 6.07) is 5.96. The van der Waals surface area contributed by atoms with Crippen molar-refractivity contribution in [1.29, 1.82) is 0 Å². The topological polar surface area (TPSA) is 78.5 Å². The Bertz CT molecular complexity index is 753. The van der Waals surface area contributed by atoms with Crippen LogP contribution in [0.2, 0.25) is 0 Å². The van der Waals surface area contributed by atoms with E-state index >= 15 is 0 Å². The molecule has 0 radical (unpaired) electrons. The van der Waals surface area contributed by atoms with Gasteiger partial charge in [0.05, 0.1) is 5.25 Å². The van der Waals surface area contributed by atoms with Crippen LogP contribution in [0.1, 0.15) is 50.7 Å². The van der Waals surface area contributed by atoms with Crippen LogP contribution in [0.3, 0.4) is 0 Å². The van der Waals surface area contributed by atoms with Crippen LogP contribution >= 0.6 is 0 Å². The quantitative estimate of drug-likeness (QED) is 0.844. The normalized spacial score (nSPS) is 18.7. The minimum atomic E-state index is -3.26. The Kier molecular flexibility index (Phi) is 5.87. The van der Waals surface area contributed by atoms with Crippen molar-refractivity contribution in [3.63, 3.8) is 0 Å². The number of anilines is 1. The molecule has 144 valence electrons. The molecule has 1 fully saturated rings. The zero-order chi connectivity index (χ0) is 18.7. The molecule has 1 heterocycles. The van der Waals surface area contributed by atoms with Crippen LogP contribution in [-0.2, 0) is 22.9 Å². The average Bonchev–Trinajstić information content (AvgIpc) is 2.62. The Morgan fingerprint density at radius 1 is 1.15 bits per heavy atom. The van der Waals surface area contributed by atoms with Crippen molar-refractivity contribution < 1.29 is 13.2 Å². The second-order valence-electron chi connectivity index (χ2n) is 7.55. The molecule has 0 unspecified atom stereocenters. The third-order valence-corrected chi connectivity index (χ3v) is 7.27. The first-order chi connectivity index (χ1) is 12.4. The van der Waals surface area contributed by atoms with Gasteiger partial charge in [-0.2, -0.15) is 0 Å². The maximum Gasteiger partial charge on any atom is 0.321 e. The number of piperidine rings is 1. The molecule has 1 aliphatic carbocycles. The molecule has 1 aliphatic heterocycles.